The number of ether oxygens (including phenoxy) is 2. The summed E-state index contributed by atoms with van der Waals surface area (Å²) in [6, 6.07) is 6.19. The van der Waals surface area contributed by atoms with Crippen molar-refractivity contribution >= 4 is 5.69 Å². The molecule has 0 aliphatic rings. The Hall–Kier alpha value is -1.26. The summed E-state index contributed by atoms with van der Waals surface area (Å²) < 4.78 is 10.6. The van der Waals surface area contributed by atoms with Crippen LogP contribution >= 0.6 is 0 Å². The molecule has 0 spiro atoms. The van der Waals surface area contributed by atoms with Gasteiger partial charge >= 0.3 is 0 Å². The molecule has 4 heteroatoms. The summed E-state index contributed by atoms with van der Waals surface area (Å²) >= 11 is 0. The number of methoxy groups -OCH3 is 2. The van der Waals surface area contributed by atoms with Gasteiger partial charge < -0.3 is 20.1 Å². The molecule has 0 saturated heterocycles. The third-order valence-electron chi connectivity index (χ3n) is 3.17. The van der Waals surface area contributed by atoms with Gasteiger partial charge in [-0.25, -0.2) is 0 Å². The summed E-state index contributed by atoms with van der Waals surface area (Å²) in [6.45, 7) is 4.76. The van der Waals surface area contributed by atoms with E-state index in [1.165, 1.54) is 0 Å². The van der Waals surface area contributed by atoms with Crippen LogP contribution in [0.25, 0.3) is 0 Å². The van der Waals surface area contributed by atoms with Crippen LogP contribution in [0.2, 0.25) is 0 Å². The van der Waals surface area contributed by atoms with Crippen molar-refractivity contribution in [3.8, 4) is 5.75 Å². The molecule has 0 aliphatic carbocycles. The lowest BCUT2D eigenvalue weighted by atomic mass is 10.0. The summed E-state index contributed by atoms with van der Waals surface area (Å²) in [5, 5.41) is 0. The van der Waals surface area contributed by atoms with Gasteiger partial charge in [0, 0.05) is 37.5 Å². The van der Waals surface area contributed by atoms with Crippen LogP contribution in [0.4, 0.5) is 5.69 Å². The highest BCUT2D eigenvalue weighted by Crippen LogP contribution is 2.33. The first-order valence-electron chi connectivity index (χ1n) is 6.17. The molecule has 0 fully saturated rings. The zero-order valence-corrected chi connectivity index (χ0v) is 11.9. The van der Waals surface area contributed by atoms with Crippen molar-refractivity contribution in [3.05, 3.63) is 23.8 Å². The summed E-state index contributed by atoms with van der Waals surface area (Å²) in [6.07, 6.45) is 0. The zero-order valence-electron chi connectivity index (χ0n) is 11.9. The van der Waals surface area contributed by atoms with Gasteiger partial charge in [-0.3, -0.25) is 0 Å². The molecule has 0 radical (unpaired) electrons. The molecule has 0 aliphatic heterocycles. The topological polar surface area (TPSA) is 47.7 Å². The molecule has 0 saturated carbocycles. The third kappa shape index (κ3) is 3.15. The van der Waals surface area contributed by atoms with E-state index in [2.05, 4.69) is 17.9 Å². The molecule has 2 N–H and O–H groups in total. The van der Waals surface area contributed by atoms with E-state index in [4.69, 9.17) is 15.2 Å². The van der Waals surface area contributed by atoms with E-state index in [0.29, 0.717) is 6.61 Å². The van der Waals surface area contributed by atoms with Crippen molar-refractivity contribution in [2.45, 2.75) is 25.9 Å². The Kier molecular flexibility index (Phi) is 5.44. The predicted molar refractivity (Wildman–Crippen MR) is 75.3 cm³/mol. The van der Waals surface area contributed by atoms with Crippen LogP contribution in [0.3, 0.4) is 0 Å². The average Bonchev–Trinajstić information content (AvgIpc) is 2.36. The second kappa shape index (κ2) is 6.61. The van der Waals surface area contributed by atoms with Crippen LogP contribution in [0.5, 0.6) is 5.75 Å². The van der Waals surface area contributed by atoms with Gasteiger partial charge in [-0.05, 0) is 26.0 Å². The molecule has 0 heterocycles. The number of hydrogen-bond donors (Lipinski definition) is 1. The molecule has 0 aromatic heterocycles. The molecule has 1 aromatic rings. The molecule has 0 bridgehead atoms. The predicted octanol–water partition coefficient (Wildman–Crippen LogP) is 2.19. The number of hydrogen-bond acceptors (Lipinski definition) is 4. The highest BCUT2D eigenvalue weighted by atomic mass is 16.5. The Morgan fingerprint density at radius 3 is 2.44 bits per heavy atom. The fourth-order valence-electron chi connectivity index (χ4n) is 2.07. The maximum atomic E-state index is 6.06. The number of rotatable bonds is 6. The van der Waals surface area contributed by atoms with Crippen LogP contribution in [0.1, 0.15) is 25.5 Å². The molecule has 2 atom stereocenters. The normalized spacial score (nSPS) is 14.1. The quantitative estimate of drug-likeness (QED) is 0.843. The fraction of sp³-hybridized carbons (Fsp3) is 0.571. The number of benzene rings is 1. The fourth-order valence-corrected chi connectivity index (χ4v) is 2.07. The largest absolute Gasteiger partial charge is 0.496 e. The number of nitrogens with zero attached hydrogens (tertiary/aromatic N) is 1. The first-order valence-corrected chi connectivity index (χ1v) is 6.17. The lowest BCUT2D eigenvalue weighted by Crippen LogP contribution is -2.33. The van der Waals surface area contributed by atoms with Crippen molar-refractivity contribution in [2.75, 3.05) is 32.8 Å². The standard InChI is InChI=1S/C14H24N2O2/c1-10(9-17-4)16(3)12-7-6-8-13(18-5)14(12)11(2)15/h6-8,10-11H,9,15H2,1-5H3/t10?,11-/m1/s1. The third-order valence-corrected chi connectivity index (χ3v) is 3.17. The first-order chi connectivity index (χ1) is 8.52. The maximum absolute atomic E-state index is 6.06. The van der Waals surface area contributed by atoms with Crippen molar-refractivity contribution in [3.63, 3.8) is 0 Å². The zero-order chi connectivity index (χ0) is 13.7. The first kappa shape index (κ1) is 14.8. The second-order valence-electron chi connectivity index (χ2n) is 4.60. The molecule has 102 valence electrons. The monoisotopic (exact) mass is 252 g/mol. The van der Waals surface area contributed by atoms with Crippen LogP contribution in [0, 0.1) is 0 Å². The van der Waals surface area contributed by atoms with Gasteiger partial charge in [-0.15, -0.1) is 0 Å². The number of likely N-dealkylation sites (N-methyl/N-ethyl adjacent to an activating group) is 1. The molecule has 18 heavy (non-hydrogen) atoms. The smallest absolute Gasteiger partial charge is 0.125 e. The van der Waals surface area contributed by atoms with Crippen molar-refractivity contribution in [1.29, 1.82) is 0 Å². The molecule has 1 aromatic carbocycles. The molecular weight excluding hydrogens is 228 g/mol. The summed E-state index contributed by atoms with van der Waals surface area (Å²) in [7, 11) is 5.43. The minimum absolute atomic E-state index is 0.0756. The Bertz CT molecular complexity index is 380. The van der Waals surface area contributed by atoms with Gasteiger partial charge in [-0.1, -0.05) is 6.07 Å². The highest BCUT2D eigenvalue weighted by molar-refractivity contribution is 5.60. The second-order valence-corrected chi connectivity index (χ2v) is 4.60. The van der Waals surface area contributed by atoms with Gasteiger partial charge in [0.15, 0.2) is 0 Å². The van der Waals surface area contributed by atoms with Crippen LogP contribution in [-0.2, 0) is 4.74 Å². The lowest BCUT2D eigenvalue weighted by molar-refractivity contribution is 0.183. The summed E-state index contributed by atoms with van der Waals surface area (Å²) in [5.41, 5.74) is 8.19. The Balaban J connectivity index is 3.14. The molecule has 1 unspecified atom stereocenters. The van der Waals surface area contributed by atoms with Crippen LogP contribution in [0.15, 0.2) is 18.2 Å². The maximum Gasteiger partial charge on any atom is 0.125 e. The number of nitrogens with two attached hydrogens (primary N) is 1. The van der Waals surface area contributed by atoms with E-state index < -0.39 is 0 Å². The van der Waals surface area contributed by atoms with Gasteiger partial charge in [0.1, 0.15) is 5.75 Å². The van der Waals surface area contributed by atoms with Crippen molar-refractivity contribution < 1.29 is 9.47 Å². The molecule has 1 rings (SSSR count). The van der Waals surface area contributed by atoms with Crippen molar-refractivity contribution in [2.24, 2.45) is 5.73 Å². The van der Waals surface area contributed by atoms with Gasteiger partial charge in [0.2, 0.25) is 0 Å². The SMILES string of the molecule is COCC(C)N(C)c1cccc(OC)c1[C@@H](C)N. The lowest BCUT2D eigenvalue weighted by Gasteiger charge is -2.30. The van der Waals surface area contributed by atoms with E-state index in [-0.39, 0.29) is 12.1 Å². The Morgan fingerprint density at radius 2 is 1.94 bits per heavy atom. The van der Waals surface area contributed by atoms with E-state index in [1.807, 2.05) is 26.1 Å². The molecule has 0 amide bonds. The van der Waals surface area contributed by atoms with Crippen LogP contribution < -0.4 is 15.4 Å². The Morgan fingerprint density at radius 1 is 1.28 bits per heavy atom. The van der Waals surface area contributed by atoms with Gasteiger partial charge in [0.25, 0.3) is 0 Å². The van der Waals surface area contributed by atoms with Gasteiger partial charge in [0.05, 0.1) is 13.7 Å². The molecule has 4 nitrogen and oxygen atoms in total. The van der Waals surface area contributed by atoms with E-state index in [1.54, 1.807) is 14.2 Å². The van der Waals surface area contributed by atoms with E-state index in [9.17, 15) is 0 Å². The van der Waals surface area contributed by atoms with E-state index >= 15 is 0 Å². The number of anilines is 1. The minimum Gasteiger partial charge on any atom is -0.496 e. The average molecular weight is 252 g/mol. The highest BCUT2D eigenvalue weighted by Gasteiger charge is 2.18. The van der Waals surface area contributed by atoms with Crippen LogP contribution in [-0.4, -0.2) is 33.9 Å². The van der Waals surface area contributed by atoms with Gasteiger partial charge in [-0.2, -0.15) is 0 Å². The van der Waals surface area contributed by atoms with Crippen molar-refractivity contribution in [1.82, 2.24) is 0 Å². The van der Waals surface area contributed by atoms with E-state index in [0.717, 1.165) is 17.0 Å². The Labute approximate surface area is 110 Å². The summed E-state index contributed by atoms with van der Waals surface area (Å²) in [5.74, 6) is 0.832. The summed E-state index contributed by atoms with van der Waals surface area (Å²) in [4.78, 5) is 2.17. The molecular formula is C14H24N2O2. The minimum atomic E-state index is -0.0756.